The lowest BCUT2D eigenvalue weighted by molar-refractivity contribution is -0.142. The maximum Gasteiger partial charge on any atom is 0.433 e. The van der Waals surface area contributed by atoms with Gasteiger partial charge in [-0.1, -0.05) is 6.92 Å². The number of aryl methyl sites for hydroxylation is 1. The van der Waals surface area contributed by atoms with Gasteiger partial charge in [0.1, 0.15) is 16.8 Å². The monoisotopic (exact) mass is 419 g/mol. The minimum absolute atomic E-state index is 0.0213. The van der Waals surface area contributed by atoms with Gasteiger partial charge in [0.25, 0.3) is 5.91 Å². The SMILES string of the molecule is CCc1c(C)sc(NC(=O)c2cc3nc(C4CC4)cc(C(F)(F)F)n3n2)c1C#N. The molecule has 0 spiro atoms. The molecular formula is C19H16F3N5OS. The van der Waals surface area contributed by atoms with Crippen molar-refractivity contribution in [3.63, 3.8) is 0 Å². The summed E-state index contributed by atoms with van der Waals surface area (Å²) in [5.41, 5.74) is 0.411. The molecule has 1 fully saturated rings. The molecule has 1 amide bonds. The van der Waals surface area contributed by atoms with Crippen molar-refractivity contribution in [3.05, 3.63) is 45.2 Å². The molecule has 150 valence electrons. The Bertz CT molecular complexity index is 1170. The summed E-state index contributed by atoms with van der Waals surface area (Å²) >= 11 is 1.26. The minimum Gasteiger partial charge on any atom is -0.311 e. The van der Waals surface area contributed by atoms with Crippen molar-refractivity contribution in [1.82, 2.24) is 14.6 Å². The first kappa shape index (κ1) is 19.4. The van der Waals surface area contributed by atoms with Gasteiger partial charge in [-0.3, -0.25) is 4.79 Å². The second-order valence-corrected chi connectivity index (χ2v) is 8.12. The maximum atomic E-state index is 13.5. The van der Waals surface area contributed by atoms with Crippen LogP contribution in [0.5, 0.6) is 0 Å². The van der Waals surface area contributed by atoms with Crippen molar-refractivity contribution in [3.8, 4) is 6.07 Å². The van der Waals surface area contributed by atoms with Crippen LogP contribution in [0.25, 0.3) is 5.65 Å². The lowest BCUT2D eigenvalue weighted by Crippen LogP contribution is -2.16. The third-order valence-corrected chi connectivity index (χ3v) is 5.93. The Hall–Kier alpha value is -2.93. The molecule has 10 heteroatoms. The first-order chi connectivity index (χ1) is 13.7. The molecule has 1 N–H and O–H groups in total. The van der Waals surface area contributed by atoms with Crippen LogP contribution >= 0.6 is 11.3 Å². The average Bonchev–Trinajstić information content (AvgIpc) is 3.34. The summed E-state index contributed by atoms with van der Waals surface area (Å²) in [5, 5.41) is 16.2. The highest BCUT2D eigenvalue weighted by Crippen LogP contribution is 2.41. The number of aromatic nitrogens is 3. The van der Waals surface area contributed by atoms with Gasteiger partial charge in [0.05, 0.1) is 5.56 Å². The van der Waals surface area contributed by atoms with Crippen LogP contribution in [0, 0.1) is 18.3 Å². The number of carbonyl (C=O) groups is 1. The zero-order valence-electron chi connectivity index (χ0n) is 15.6. The van der Waals surface area contributed by atoms with Gasteiger partial charge < -0.3 is 5.32 Å². The second kappa shape index (κ2) is 6.84. The van der Waals surface area contributed by atoms with E-state index in [1.807, 2.05) is 13.8 Å². The Balaban J connectivity index is 1.73. The van der Waals surface area contributed by atoms with E-state index in [1.54, 1.807) is 0 Å². The fraction of sp³-hybridized carbons (Fsp3) is 0.368. The quantitative estimate of drug-likeness (QED) is 0.666. The fourth-order valence-electron chi connectivity index (χ4n) is 3.27. The van der Waals surface area contributed by atoms with E-state index in [4.69, 9.17) is 0 Å². The van der Waals surface area contributed by atoms with Crippen molar-refractivity contribution in [1.29, 1.82) is 5.26 Å². The number of thiophene rings is 1. The molecule has 0 aliphatic heterocycles. The number of fused-ring (bicyclic) bond motifs is 1. The van der Waals surface area contributed by atoms with Crippen LogP contribution in [-0.4, -0.2) is 20.5 Å². The van der Waals surface area contributed by atoms with E-state index in [0.29, 0.717) is 27.2 Å². The van der Waals surface area contributed by atoms with Crippen molar-refractivity contribution in [2.75, 3.05) is 5.32 Å². The van der Waals surface area contributed by atoms with E-state index in [2.05, 4.69) is 21.5 Å². The van der Waals surface area contributed by atoms with Gasteiger partial charge in [0, 0.05) is 22.6 Å². The lowest BCUT2D eigenvalue weighted by atomic mass is 10.1. The number of anilines is 1. The van der Waals surface area contributed by atoms with Crippen molar-refractivity contribution < 1.29 is 18.0 Å². The molecule has 1 aliphatic rings. The van der Waals surface area contributed by atoms with Gasteiger partial charge in [-0.2, -0.15) is 23.5 Å². The molecule has 1 saturated carbocycles. The lowest BCUT2D eigenvalue weighted by Gasteiger charge is -2.10. The minimum atomic E-state index is -4.63. The highest BCUT2D eigenvalue weighted by molar-refractivity contribution is 7.16. The summed E-state index contributed by atoms with van der Waals surface area (Å²) in [6.45, 7) is 3.76. The van der Waals surface area contributed by atoms with Crippen molar-refractivity contribution in [2.45, 2.75) is 45.2 Å². The number of carbonyl (C=O) groups excluding carboxylic acids is 1. The predicted octanol–water partition coefficient (Wildman–Crippen LogP) is 4.68. The molecular weight excluding hydrogens is 403 g/mol. The van der Waals surface area contributed by atoms with Gasteiger partial charge in [0.15, 0.2) is 11.3 Å². The van der Waals surface area contributed by atoms with E-state index in [9.17, 15) is 23.2 Å². The van der Waals surface area contributed by atoms with E-state index in [0.717, 1.165) is 29.3 Å². The summed E-state index contributed by atoms with van der Waals surface area (Å²) in [6.07, 6.45) is -2.38. The van der Waals surface area contributed by atoms with Gasteiger partial charge >= 0.3 is 6.18 Å². The molecule has 3 aromatic heterocycles. The fourth-order valence-corrected chi connectivity index (χ4v) is 4.36. The molecule has 0 aromatic carbocycles. The topological polar surface area (TPSA) is 83.1 Å². The normalized spacial score (nSPS) is 14.2. The number of rotatable bonds is 4. The average molecular weight is 419 g/mol. The molecule has 3 heterocycles. The number of hydrogen-bond acceptors (Lipinski definition) is 5. The summed E-state index contributed by atoms with van der Waals surface area (Å²) in [6, 6.07) is 4.33. The number of alkyl halides is 3. The Morgan fingerprint density at radius 1 is 1.41 bits per heavy atom. The van der Waals surface area contributed by atoms with Gasteiger partial charge in [-0.25, -0.2) is 9.50 Å². The molecule has 29 heavy (non-hydrogen) atoms. The molecule has 0 saturated heterocycles. The number of amides is 1. The van der Waals surface area contributed by atoms with E-state index in [1.165, 1.54) is 17.4 Å². The highest BCUT2D eigenvalue weighted by atomic mass is 32.1. The smallest absolute Gasteiger partial charge is 0.311 e. The first-order valence-electron chi connectivity index (χ1n) is 9.04. The van der Waals surface area contributed by atoms with Gasteiger partial charge in [0.2, 0.25) is 0 Å². The van der Waals surface area contributed by atoms with Crippen LogP contribution in [0.1, 0.15) is 63.6 Å². The number of nitriles is 1. The number of hydrogen-bond donors (Lipinski definition) is 1. The first-order valence-corrected chi connectivity index (χ1v) is 9.86. The van der Waals surface area contributed by atoms with E-state index >= 15 is 0 Å². The largest absolute Gasteiger partial charge is 0.433 e. The van der Waals surface area contributed by atoms with Gasteiger partial charge in [-0.15, -0.1) is 11.3 Å². The van der Waals surface area contributed by atoms with Crippen LogP contribution in [0.15, 0.2) is 12.1 Å². The molecule has 0 atom stereocenters. The number of nitrogens with one attached hydrogen (secondary N) is 1. The zero-order valence-corrected chi connectivity index (χ0v) is 16.4. The van der Waals surface area contributed by atoms with Crippen molar-refractivity contribution in [2.24, 2.45) is 0 Å². The van der Waals surface area contributed by atoms with E-state index in [-0.39, 0.29) is 17.3 Å². The maximum absolute atomic E-state index is 13.5. The molecule has 6 nitrogen and oxygen atoms in total. The zero-order chi connectivity index (χ0) is 20.9. The Labute approximate surface area is 168 Å². The molecule has 0 unspecified atom stereocenters. The van der Waals surface area contributed by atoms with E-state index < -0.39 is 17.8 Å². The second-order valence-electron chi connectivity index (χ2n) is 6.90. The summed E-state index contributed by atoms with van der Waals surface area (Å²) in [4.78, 5) is 17.8. The van der Waals surface area contributed by atoms with Gasteiger partial charge in [-0.05, 0) is 37.8 Å². The Morgan fingerprint density at radius 2 is 2.14 bits per heavy atom. The standard InChI is InChI=1S/C19H16F3N5OS/c1-3-11-9(2)29-18(12(11)8-23)25-17(28)14-7-16-24-13(10-4-5-10)6-15(19(20,21)22)27(16)26-14/h6-7,10H,3-5H2,1-2H3,(H,25,28). The van der Waals surface area contributed by atoms with Crippen LogP contribution in [0.4, 0.5) is 18.2 Å². The predicted molar refractivity (Wildman–Crippen MR) is 101 cm³/mol. The summed E-state index contributed by atoms with van der Waals surface area (Å²) in [7, 11) is 0. The number of halogens is 3. The van der Waals surface area contributed by atoms with Crippen LogP contribution in [0.3, 0.4) is 0 Å². The number of nitrogens with zero attached hydrogens (tertiary/aromatic N) is 4. The molecule has 0 radical (unpaired) electrons. The van der Waals surface area contributed by atoms with Crippen LogP contribution < -0.4 is 5.32 Å². The van der Waals surface area contributed by atoms with Crippen LogP contribution in [-0.2, 0) is 12.6 Å². The third-order valence-electron chi connectivity index (χ3n) is 4.87. The van der Waals surface area contributed by atoms with Crippen LogP contribution in [0.2, 0.25) is 0 Å². The molecule has 0 bridgehead atoms. The highest BCUT2D eigenvalue weighted by Gasteiger charge is 2.37. The Kier molecular flexibility index (Phi) is 4.58. The molecule has 3 aromatic rings. The molecule has 4 rings (SSSR count). The third kappa shape index (κ3) is 3.46. The summed E-state index contributed by atoms with van der Waals surface area (Å²) in [5.74, 6) is -0.662. The summed E-state index contributed by atoms with van der Waals surface area (Å²) < 4.78 is 41.2. The van der Waals surface area contributed by atoms with Crippen molar-refractivity contribution >= 4 is 27.9 Å². The Morgan fingerprint density at radius 3 is 2.72 bits per heavy atom. The molecule has 1 aliphatic carbocycles.